The number of carbonyl (C=O) groups is 1. The highest BCUT2D eigenvalue weighted by Crippen LogP contribution is 2.26. The van der Waals surface area contributed by atoms with Crippen molar-refractivity contribution in [1.29, 1.82) is 0 Å². The predicted octanol–water partition coefficient (Wildman–Crippen LogP) is 2.82. The minimum atomic E-state index is -0.534. The molecule has 0 bridgehead atoms. The first-order chi connectivity index (χ1) is 16.5. The summed E-state index contributed by atoms with van der Waals surface area (Å²) < 4.78 is 6.01. The largest absolute Gasteiger partial charge is 0.378 e. The SMILES string of the molecule is CCN(CC)c1ccc(C=NNC(=O)c2nnn(-c3nonc3N)c2-c2ccc(C)cc2)cc1. The fourth-order valence-electron chi connectivity index (χ4n) is 3.47. The van der Waals surface area contributed by atoms with Crippen molar-refractivity contribution in [3.8, 4) is 17.1 Å². The van der Waals surface area contributed by atoms with Crippen LogP contribution in [0.2, 0.25) is 0 Å². The summed E-state index contributed by atoms with van der Waals surface area (Å²) in [6, 6.07) is 15.5. The third kappa shape index (κ3) is 4.63. The quantitative estimate of drug-likeness (QED) is 0.303. The smallest absolute Gasteiger partial charge is 0.294 e. The van der Waals surface area contributed by atoms with Crippen molar-refractivity contribution in [2.75, 3.05) is 23.7 Å². The molecule has 0 atom stereocenters. The zero-order valence-corrected chi connectivity index (χ0v) is 19.1. The molecule has 4 rings (SSSR count). The van der Waals surface area contributed by atoms with Crippen LogP contribution in [-0.4, -0.2) is 50.5 Å². The van der Waals surface area contributed by atoms with Crippen LogP contribution in [0.5, 0.6) is 0 Å². The Morgan fingerprint density at radius 3 is 2.44 bits per heavy atom. The van der Waals surface area contributed by atoms with Crippen molar-refractivity contribution in [2.45, 2.75) is 20.8 Å². The van der Waals surface area contributed by atoms with Gasteiger partial charge in [-0.05, 0) is 48.8 Å². The van der Waals surface area contributed by atoms with Crippen LogP contribution in [0.25, 0.3) is 17.1 Å². The Hall–Kier alpha value is -4.54. The molecular formula is C23H25N9O2. The molecule has 0 aliphatic carbocycles. The molecule has 2 aromatic heterocycles. The number of aryl methyl sites for hydroxylation is 1. The molecule has 0 aliphatic rings. The molecule has 174 valence electrons. The Labute approximate surface area is 196 Å². The van der Waals surface area contributed by atoms with Crippen molar-refractivity contribution < 1.29 is 9.42 Å². The maximum atomic E-state index is 12.9. The van der Waals surface area contributed by atoms with Gasteiger partial charge in [0.15, 0.2) is 5.69 Å². The number of aromatic nitrogens is 5. The van der Waals surface area contributed by atoms with E-state index in [1.165, 1.54) is 4.68 Å². The topological polar surface area (TPSA) is 140 Å². The molecule has 0 aliphatic heterocycles. The number of benzene rings is 2. The van der Waals surface area contributed by atoms with Gasteiger partial charge in [0.25, 0.3) is 5.91 Å². The maximum absolute atomic E-state index is 12.9. The maximum Gasteiger partial charge on any atom is 0.294 e. The van der Waals surface area contributed by atoms with Crippen LogP contribution in [0.1, 0.15) is 35.5 Å². The first kappa shape index (κ1) is 22.6. The van der Waals surface area contributed by atoms with Gasteiger partial charge in [-0.2, -0.15) is 9.78 Å². The molecule has 11 nitrogen and oxygen atoms in total. The van der Waals surface area contributed by atoms with Crippen molar-refractivity contribution >= 4 is 23.6 Å². The number of rotatable bonds is 8. The summed E-state index contributed by atoms with van der Waals surface area (Å²) in [6.45, 7) is 8.06. The number of hydrazone groups is 1. The van der Waals surface area contributed by atoms with E-state index in [0.717, 1.165) is 29.9 Å². The van der Waals surface area contributed by atoms with Gasteiger partial charge in [0.2, 0.25) is 11.6 Å². The lowest BCUT2D eigenvalue weighted by Crippen LogP contribution is -2.21. The second-order valence-electron chi connectivity index (χ2n) is 7.50. The van der Waals surface area contributed by atoms with Gasteiger partial charge in [0.1, 0.15) is 5.69 Å². The molecule has 34 heavy (non-hydrogen) atoms. The van der Waals surface area contributed by atoms with E-state index in [1.54, 1.807) is 6.21 Å². The van der Waals surface area contributed by atoms with Gasteiger partial charge in [0, 0.05) is 24.3 Å². The highest BCUT2D eigenvalue weighted by molar-refractivity contribution is 5.98. The lowest BCUT2D eigenvalue weighted by atomic mass is 10.1. The van der Waals surface area contributed by atoms with Crippen LogP contribution in [0.3, 0.4) is 0 Å². The molecule has 4 aromatic rings. The number of carbonyl (C=O) groups excluding carboxylic acids is 1. The zero-order chi connectivity index (χ0) is 24.1. The number of nitrogens with one attached hydrogen (secondary N) is 1. The van der Waals surface area contributed by atoms with E-state index in [2.05, 4.69) is 49.9 Å². The van der Waals surface area contributed by atoms with Gasteiger partial charge in [-0.1, -0.05) is 47.2 Å². The summed E-state index contributed by atoms with van der Waals surface area (Å²) in [5, 5.41) is 19.5. The highest BCUT2D eigenvalue weighted by atomic mass is 16.6. The summed E-state index contributed by atoms with van der Waals surface area (Å²) in [5.74, 6) is -0.372. The highest BCUT2D eigenvalue weighted by Gasteiger charge is 2.25. The number of anilines is 2. The number of hydrogen-bond acceptors (Lipinski definition) is 9. The Kier molecular flexibility index (Phi) is 6.62. The fraction of sp³-hybridized carbons (Fsp3) is 0.217. The molecule has 1 amide bonds. The monoisotopic (exact) mass is 459 g/mol. The Balaban J connectivity index is 1.58. The molecule has 0 spiro atoms. The zero-order valence-electron chi connectivity index (χ0n) is 19.1. The molecule has 0 saturated heterocycles. The van der Waals surface area contributed by atoms with Gasteiger partial charge < -0.3 is 10.6 Å². The third-order valence-electron chi connectivity index (χ3n) is 5.31. The molecule has 0 fully saturated rings. The molecule has 11 heteroatoms. The summed E-state index contributed by atoms with van der Waals surface area (Å²) >= 11 is 0. The number of hydrogen-bond donors (Lipinski definition) is 2. The average Bonchev–Trinajstić information content (AvgIpc) is 3.47. The molecule has 2 heterocycles. The average molecular weight is 460 g/mol. The van der Waals surface area contributed by atoms with Crippen molar-refractivity contribution in [2.24, 2.45) is 5.10 Å². The normalized spacial score (nSPS) is 11.1. The van der Waals surface area contributed by atoms with Crippen LogP contribution in [0, 0.1) is 6.92 Å². The van der Waals surface area contributed by atoms with Gasteiger partial charge in [-0.25, -0.2) is 10.1 Å². The fourth-order valence-corrected chi connectivity index (χ4v) is 3.47. The van der Waals surface area contributed by atoms with Crippen LogP contribution in [0.4, 0.5) is 11.5 Å². The lowest BCUT2D eigenvalue weighted by Gasteiger charge is -2.20. The Bertz CT molecular complexity index is 1290. The van der Waals surface area contributed by atoms with E-state index in [1.807, 2.05) is 55.5 Å². The van der Waals surface area contributed by atoms with Crippen molar-refractivity contribution in [1.82, 2.24) is 30.7 Å². The van der Waals surface area contributed by atoms with Gasteiger partial charge in [-0.3, -0.25) is 4.79 Å². The minimum Gasteiger partial charge on any atom is -0.378 e. The van der Waals surface area contributed by atoms with Crippen LogP contribution >= 0.6 is 0 Å². The summed E-state index contributed by atoms with van der Waals surface area (Å²) in [6.07, 6.45) is 1.57. The Morgan fingerprint density at radius 2 is 1.82 bits per heavy atom. The molecule has 0 radical (unpaired) electrons. The molecule has 2 aromatic carbocycles. The summed E-state index contributed by atoms with van der Waals surface area (Å²) in [4.78, 5) is 15.2. The van der Waals surface area contributed by atoms with Crippen molar-refractivity contribution in [3.63, 3.8) is 0 Å². The molecule has 3 N–H and O–H groups in total. The number of nitrogen functional groups attached to an aromatic ring is 1. The van der Waals surface area contributed by atoms with Crippen LogP contribution in [-0.2, 0) is 0 Å². The van der Waals surface area contributed by atoms with E-state index in [-0.39, 0.29) is 17.3 Å². The number of amides is 1. The summed E-state index contributed by atoms with van der Waals surface area (Å²) in [5.41, 5.74) is 12.5. The molecule has 0 saturated carbocycles. The second-order valence-corrected chi connectivity index (χ2v) is 7.50. The number of nitrogens with two attached hydrogens (primary N) is 1. The second kappa shape index (κ2) is 9.94. The minimum absolute atomic E-state index is 0.0244. The van der Waals surface area contributed by atoms with Gasteiger partial charge in [0.05, 0.1) is 6.21 Å². The van der Waals surface area contributed by atoms with Crippen LogP contribution in [0.15, 0.2) is 58.3 Å². The molecular weight excluding hydrogens is 434 g/mol. The first-order valence-corrected chi connectivity index (χ1v) is 10.8. The Morgan fingerprint density at radius 1 is 1.12 bits per heavy atom. The van der Waals surface area contributed by atoms with E-state index < -0.39 is 5.91 Å². The third-order valence-corrected chi connectivity index (χ3v) is 5.31. The predicted molar refractivity (Wildman–Crippen MR) is 129 cm³/mol. The molecule has 0 unspecified atom stereocenters. The van der Waals surface area contributed by atoms with E-state index in [4.69, 9.17) is 10.4 Å². The van der Waals surface area contributed by atoms with E-state index in [0.29, 0.717) is 11.3 Å². The standard InChI is InChI=1S/C23H25N9O2/c1-4-31(5-2)18-12-8-16(9-13-18)14-25-27-23(33)19-20(17-10-6-15(3)7-11-17)32(30-26-19)22-21(24)28-34-29-22/h6-14H,4-5H2,1-3H3,(H2,24,28)(H,27,33). The van der Waals surface area contributed by atoms with Gasteiger partial charge in [-0.15, -0.1) is 5.10 Å². The van der Waals surface area contributed by atoms with E-state index >= 15 is 0 Å². The van der Waals surface area contributed by atoms with Crippen LogP contribution < -0.4 is 16.1 Å². The summed E-state index contributed by atoms with van der Waals surface area (Å²) in [7, 11) is 0. The lowest BCUT2D eigenvalue weighted by molar-refractivity contribution is 0.0950. The van der Waals surface area contributed by atoms with Crippen molar-refractivity contribution in [3.05, 3.63) is 65.4 Å². The van der Waals surface area contributed by atoms with E-state index in [9.17, 15) is 4.79 Å². The number of nitrogens with zero attached hydrogens (tertiary/aromatic N) is 7. The first-order valence-electron chi connectivity index (χ1n) is 10.8. The van der Waals surface area contributed by atoms with Gasteiger partial charge >= 0.3 is 0 Å².